The highest BCUT2D eigenvalue weighted by atomic mass is 35.5. The molecule has 0 saturated heterocycles. The zero-order valence-electron chi connectivity index (χ0n) is 3.59. The van der Waals surface area contributed by atoms with Gasteiger partial charge >= 0.3 is 0 Å². The van der Waals surface area contributed by atoms with E-state index in [4.69, 9.17) is 46.4 Å². The van der Waals surface area contributed by atoms with Crippen molar-refractivity contribution >= 4 is 56.6 Å². The highest BCUT2D eigenvalue weighted by molar-refractivity contribution is 6.72. The maximum atomic E-state index is 5.43. The van der Waals surface area contributed by atoms with Crippen LogP contribution in [0.15, 0.2) is 0 Å². The summed E-state index contributed by atoms with van der Waals surface area (Å²) in [5.41, 5.74) is 0. The van der Waals surface area contributed by atoms with Gasteiger partial charge in [0.25, 0.3) is 0 Å². The first-order valence-electron chi connectivity index (χ1n) is 1.60. The molecule has 7 heavy (non-hydrogen) atoms. The molecular weight excluding hydrogens is 194 g/mol. The second kappa shape index (κ2) is 2.79. The van der Waals surface area contributed by atoms with Gasteiger partial charge in [0.1, 0.15) is 8.79 Å². The first kappa shape index (κ1) is 8.38. The Bertz CT molecular complexity index is 55.2. The molecule has 0 bridgehead atoms. The normalized spacial score (nSPS) is 13.3. The predicted molar refractivity (Wildman–Crippen MR) is 39.9 cm³/mol. The number of alkyl halides is 4. The molecule has 0 aromatic rings. The van der Waals surface area contributed by atoms with E-state index >= 15 is 0 Å². The molecule has 0 rings (SSSR count). The Labute approximate surface area is 65.5 Å². The van der Waals surface area contributed by atoms with Crippen LogP contribution >= 0.6 is 46.4 Å². The van der Waals surface area contributed by atoms with Gasteiger partial charge < -0.3 is 0 Å². The number of hydrogen-bond donors (Lipinski definition) is 0. The van der Waals surface area contributed by atoms with Crippen molar-refractivity contribution in [2.45, 2.75) is 8.79 Å². The lowest BCUT2D eigenvalue weighted by Gasteiger charge is -2.12. The standard InChI is InChI=1S/C2H4Cl4Si/c3-1(4)2(5,6)7/h1H,7H3. The summed E-state index contributed by atoms with van der Waals surface area (Å²) in [5.74, 6) is 0. The summed E-state index contributed by atoms with van der Waals surface area (Å²) in [7, 11) is 0.579. The molecule has 0 radical (unpaired) electrons. The molecule has 0 fully saturated rings. The lowest BCUT2D eigenvalue weighted by Crippen LogP contribution is -2.21. The molecule has 0 unspecified atom stereocenters. The Hall–Kier alpha value is 1.38. The summed E-state index contributed by atoms with van der Waals surface area (Å²) < 4.78 is -0.886. The van der Waals surface area contributed by atoms with Gasteiger partial charge in [-0.15, -0.1) is 46.4 Å². The van der Waals surface area contributed by atoms with Crippen molar-refractivity contribution in [2.75, 3.05) is 0 Å². The van der Waals surface area contributed by atoms with Gasteiger partial charge in [-0.1, -0.05) is 0 Å². The zero-order chi connectivity index (χ0) is 6.08. The molecule has 5 heteroatoms. The Morgan fingerprint density at radius 1 is 1.29 bits per heavy atom. The molecule has 0 aromatic carbocycles. The van der Waals surface area contributed by atoms with Crippen LogP contribution in [0, 0.1) is 0 Å². The Kier molecular flexibility index (Phi) is 3.33. The first-order chi connectivity index (χ1) is 2.94. The number of halogens is 4. The van der Waals surface area contributed by atoms with Gasteiger partial charge in [0.2, 0.25) is 0 Å². The summed E-state index contributed by atoms with van der Waals surface area (Å²) >= 11 is 21.4. The largest absolute Gasteiger partial charge is 0.136 e. The SMILES string of the molecule is [SiH3]C(Cl)(Cl)C(Cl)Cl. The number of rotatable bonds is 1. The summed E-state index contributed by atoms with van der Waals surface area (Å²) in [4.78, 5) is -0.664. The Balaban J connectivity index is 3.54. The second-order valence-electron chi connectivity index (χ2n) is 1.26. The summed E-state index contributed by atoms with van der Waals surface area (Å²) in [6, 6.07) is 0. The van der Waals surface area contributed by atoms with E-state index in [0.717, 1.165) is 0 Å². The maximum absolute atomic E-state index is 5.43. The van der Waals surface area contributed by atoms with Crippen molar-refractivity contribution in [3.63, 3.8) is 0 Å². The van der Waals surface area contributed by atoms with Gasteiger partial charge in [-0.05, 0) is 0 Å². The van der Waals surface area contributed by atoms with Crippen LogP contribution in [0.2, 0.25) is 0 Å². The molecule has 0 N–H and O–H groups in total. The van der Waals surface area contributed by atoms with E-state index in [1.54, 1.807) is 0 Å². The van der Waals surface area contributed by atoms with E-state index in [0.29, 0.717) is 10.2 Å². The van der Waals surface area contributed by atoms with E-state index in [2.05, 4.69) is 0 Å². The second-order valence-corrected chi connectivity index (χ2v) is 6.96. The molecule has 0 aliphatic heterocycles. The summed E-state index contributed by atoms with van der Waals surface area (Å²) in [6.45, 7) is 0. The minimum absolute atomic E-state index is 0.579. The smallest absolute Gasteiger partial charge is 0.104 e. The van der Waals surface area contributed by atoms with Gasteiger partial charge in [-0.25, -0.2) is 0 Å². The van der Waals surface area contributed by atoms with Crippen LogP contribution in [-0.2, 0) is 0 Å². The average Bonchev–Trinajstić information content (AvgIpc) is 1.31. The number of hydrogen-bond acceptors (Lipinski definition) is 0. The third kappa shape index (κ3) is 3.92. The average molecular weight is 198 g/mol. The molecular formula is C2H4Cl4Si. The summed E-state index contributed by atoms with van der Waals surface area (Å²) in [5, 5.41) is 0. The molecule has 0 heterocycles. The van der Waals surface area contributed by atoms with Crippen LogP contribution < -0.4 is 0 Å². The highest BCUT2D eigenvalue weighted by Gasteiger charge is 2.24. The minimum Gasteiger partial charge on any atom is -0.104 e. The van der Waals surface area contributed by atoms with E-state index in [9.17, 15) is 0 Å². The van der Waals surface area contributed by atoms with Crippen LogP contribution in [0.5, 0.6) is 0 Å². The molecule has 0 amide bonds. The van der Waals surface area contributed by atoms with Gasteiger partial charge in [0.15, 0.2) is 0 Å². The molecule has 44 valence electrons. The van der Waals surface area contributed by atoms with E-state index < -0.39 is 8.79 Å². The lowest BCUT2D eigenvalue weighted by atomic mass is 10.9. The monoisotopic (exact) mass is 196 g/mol. The lowest BCUT2D eigenvalue weighted by molar-refractivity contribution is 1.19. The first-order valence-corrected chi connectivity index (χ1v) is 4.23. The van der Waals surface area contributed by atoms with Crippen LogP contribution in [0.25, 0.3) is 0 Å². The van der Waals surface area contributed by atoms with Crippen molar-refractivity contribution < 1.29 is 0 Å². The highest BCUT2D eigenvalue weighted by Crippen LogP contribution is 2.27. The van der Waals surface area contributed by atoms with Crippen LogP contribution in [0.1, 0.15) is 0 Å². The molecule has 0 nitrogen and oxygen atoms in total. The fraction of sp³-hybridized carbons (Fsp3) is 1.00. The fourth-order valence-electron chi connectivity index (χ4n) is 0. The van der Waals surface area contributed by atoms with Crippen LogP contribution in [0.4, 0.5) is 0 Å². The Morgan fingerprint density at radius 3 is 1.43 bits per heavy atom. The minimum atomic E-state index is -0.886. The van der Waals surface area contributed by atoms with Crippen LogP contribution in [0.3, 0.4) is 0 Å². The van der Waals surface area contributed by atoms with Crippen molar-refractivity contribution in [3.05, 3.63) is 0 Å². The van der Waals surface area contributed by atoms with E-state index in [1.165, 1.54) is 0 Å². The van der Waals surface area contributed by atoms with E-state index in [1.807, 2.05) is 0 Å². The fourth-order valence-corrected chi connectivity index (χ4v) is 0. The maximum Gasteiger partial charge on any atom is 0.136 e. The van der Waals surface area contributed by atoms with Gasteiger partial charge in [-0.2, -0.15) is 0 Å². The molecule has 0 aliphatic carbocycles. The van der Waals surface area contributed by atoms with Crippen molar-refractivity contribution in [1.82, 2.24) is 0 Å². The zero-order valence-corrected chi connectivity index (χ0v) is 8.61. The summed E-state index contributed by atoms with van der Waals surface area (Å²) in [6.07, 6.45) is 0. The molecule has 0 saturated carbocycles. The third-order valence-electron chi connectivity index (χ3n) is 0.383. The molecule has 0 aliphatic rings. The molecule has 0 aromatic heterocycles. The van der Waals surface area contributed by atoms with Gasteiger partial charge in [-0.3, -0.25) is 0 Å². The molecule has 0 atom stereocenters. The van der Waals surface area contributed by atoms with Crippen molar-refractivity contribution in [1.29, 1.82) is 0 Å². The molecule has 0 spiro atoms. The van der Waals surface area contributed by atoms with Crippen molar-refractivity contribution in [3.8, 4) is 0 Å². The predicted octanol–water partition coefficient (Wildman–Crippen LogP) is 1.29. The Morgan fingerprint density at radius 2 is 1.43 bits per heavy atom. The van der Waals surface area contributed by atoms with Crippen molar-refractivity contribution in [2.24, 2.45) is 0 Å². The van der Waals surface area contributed by atoms with E-state index in [-0.39, 0.29) is 0 Å². The van der Waals surface area contributed by atoms with Crippen LogP contribution in [-0.4, -0.2) is 19.0 Å². The topological polar surface area (TPSA) is 0 Å². The third-order valence-corrected chi connectivity index (χ3v) is 3.45. The van der Waals surface area contributed by atoms with Gasteiger partial charge in [0.05, 0.1) is 10.2 Å². The van der Waals surface area contributed by atoms with Gasteiger partial charge in [0, 0.05) is 0 Å². The quantitative estimate of drug-likeness (QED) is 0.439.